The molecule has 1 spiro atoms. The molecule has 6 unspecified atom stereocenters. The minimum Gasteiger partial charge on any atom is -0.479 e. The summed E-state index contributed by atoms with van der Waals surface area (Å²) in [7, 11) is 0. The first-order valence-corrected chi connectivity index (χ1v) is 15.0. The van der Waals surface area contributed by atoms with Crippen LogP contribution < -0.4 is 0 Å². The van der Waals surface area contributed by atoms with Crippen LogP contribution in [0.25, 0.3) is 0 Å². The smallest absolute Gasteiger partial charge is 0.332 e. The fraction of sp³-hybridized carbons (Fsp3) is 0.964. The van der Waals surface area contributed by atoms with Crippen molar-refractivity contribution in [3.8, 4) is 0 Å². The maximum absolute atomic E-state index is 12.0. The number of carbonyl (C=O) groups is 1. The molecular weight excluding hydrogens is 544 g/mol. The van der Waals surface area contributed by atoms with Gasteiger partial charge in [-0.05, 0) is 56.8 Å². The summed E-state index contributed by atoms with van der Waals surface area (Å²) in [5.74, 6) is -1.11. The van der Waals surface area contributed by atoms with Crippen molar-refractivity contribution in [3.05, 3.63) is 0 Å². The predicted molar refractivity (Wildman–Crippen MR) is 138 cm³/mol. The molecule has 13 heteroatoms. The molecule has 3 heterocycles. The van der Waals surface area contributed by atoms with Crippen molar-refractivity contribution >= 4 is 5.97 Å². The van der Waals surface area contributed by atoms with E-state index in [0.717, 1.165) is 32.1 Å². The van der Waals surface area contributed by atoms with Gasteiger partial charge < -0.3 is 59.1 Å². The molecule has 5 rings (SSSR count). The second kappa shape index (κ2) is 12.9. The van der Waals surface area contributed by atoms with E-state index in [9.17, 15) is 35.4 Å². The summed E-state index contributed by atoms with van der Waals surface area (Å²) in [6.07, 6.45) is -8.41. The molecule has 41 heavy (non-hydrogen) atoms. The first-order chi connectivity index (χ1) is 19.6. The van der Waals surface area contributed by atoms with Gasteiger partial charge in [-0.15, -0.1) is 0 Å². The Hall–Kier alpha value is -0.970. The third-order valence-corrected chi connectivity index (χ3v) is 9.70. The van der Waals surface area contributed by atoms with Crippen LogP contribution in [0, 0.1) is 11.3 Å². The average Bonchev–Trinajstić information content (AvgIpc) is 3.71. The SMILES string of the molecule is CC[C@@H]1CCC[C@@H](O[C@@H]2OC(CO)[C@H](O)C3O[C@@H](C(=O)O)CCC4(CC4)COC32)C1O[C@@H]1OC(C)[C@@H](O)C(O)[C@@H]1O. The number of aliphatic carboxylic acids is 1. The fourth-order valence-corrected chi connectivity index (χ4v) is 6.72. The highest BCUT2D eigenvalue weighted by Gasteiger charge is 2.54. The van der Waals surface area contributed by atoms with Crippen LogP contribution in [0.1, 0.15) is 65.2 Å². The molecule has 5 aliphatic rings. The highest BCUT2D eigenvalue weighted by molar-refractivity contribution is 5.72. The molecule has 6 N–H and O–H groups in total. The molecule has 2 saturated carbocycles. The third kappa shape index (κ3) is 6.60. The van der Waals surface area contributed by atoms with Crippen molar-refractivity contribution < 1.29 is 63.9 Å². The van der Waals surface area contributed by atoms with Crippen molar-refractivity contribution in [2.75, 3.05) is 13.2 Å². The van der Waals surface area contributed by atoms with E-state index in [2.05, 4.69) is 0 Å². The van der Waals surface area contributed by atoms with Crippen molar-refractivity contribution in [1.82, 2.24) is 0 Å². The number of aliphatic hydroxyl groups excluding tert-OH is 5. The zero-order valence-corrected chi connectivity index (χ0v) is 23.7. The molecule has 236 valence electrons. The van der Waals surface area contributed by atoms with E-state index in [4.69, 9.17) is 28.4 Å². The van der Waals surface area contributed by atoms with Crippen LogP contribution in [-0.4, -0.2) is 130 Å². The Morgan fingerprint density at radius 1 is 0.878 bits per heavy atom. The largest absolute Gasteiger partial charge is 0.479 e. The van der Waals surface area contributed by atoms with E-state index in [1.54, 1.807) is 6.92 Å². The second-order valence-corrected chi connectivity index (χ2v) is 12.5. The van der Waals surface area contributed by atoms with Gasteiger partial charge in [0.2, 0.25) is 0 Å². The van der Waals surface area contributed by atoms with Crippen LogP contribution in [0.5, 0.6) is 0 Å². The lowest BCUT2D eigenvalue weighted by Gasteiger charge is -2.48. The van der Waals surface area contributed by atoms with E-state index in [-0.39, 0.29) is 17.8 Å². The van der Waals surface area contributed by atoms with Crippen LogP contribution in [0.3, 0.4) is 0 Å². The van der Waals surface area contributed by atoms with Gasteiger partial charge in [0.15, 0.2) is 18.7 Å². The van der Waals surface area contributed by atoms with Gasteiger partial charge in [0.1, 0.15) is 42.7 Å². The molecule has 3 saturated heterocycles. The van der Waals surface area contributed by atoms with Crippen LogP contribution >= 0.6 is 0 Å². The number of hydrogen-bond acceptors (Lipinski definition) is 12. The molecule has 0 amide bonds. The summed E-state index contributed by atoms with van der Waals surface area (Å²) in [5, 5.41) is 61.9. The Morgan fingerprint density at radius 3 is 2.29 bits per heavy atom. The highest BCUT2D eigenvalue weighted by atomic mass is 16.7. The highest BCUT2D eigenvalue weighted by Crippen LogP contribution is 2.51. The van der Waals surface area contributed by atoms with Crippen LogP contribution in [-0.2, 0) is 33.2 Å². The molecule has 5 fully saturated rings. The van der Waals surface area contributed by atoms with Gasteiger partial charge in [-0.2, -0.15) is 0 Å². The fourth-order valence-electron chi connectivity index (χ4n) is 6.72. The zero-order chi connectivity index (χ0) is 29.5. The molecule has 14 atom stereocenters. The molecule has 3 aliphatic heterocycles. The number of carboxylic acids is 1. The van der Waals surface area contributed by atoms with Gasteiger partial charge in [-0.25, -0.2) is 4.79 Å². The van der Waals surface area contributed by atoms with Crippen molar-refractivity contribution in [2.45, 2.75) is 145 Å². The van der Waals surface area contributed by atoms with Crippen molar-refractivity contribution in [3.63, 3.8) is 0 Å². The first kappa shape index (κ1) is 31.5. The Bertz CT molecular complexity index is 885. The lowest BCUT2D eigenvalue weighted by Crippen LogP contribution is -2.63. The Kier molecular flexibility index (Phi) is 9.93. The van der Waals surface area contributed by atoms with Gasteiger partial charge in [0.05, 0.1) is 31.5 Å². The minimum atomic E-state index is -1.47. The maximum atomic E-state index is 12.0. The van der Waals surface area contributed by atoms with Gasteiger partial charge >= 0.3 is 5.97 Å². The van der Waals surface area contributed by atoms with Crippen LogP contribution in [0.4, 0.5) is 0 Å². The topological polar surface area (TPSA) is 194 Å². The standard InChI is InChI=1S/C28H46O13/c1-3-14-5-4-6-15(22(14)41-26-21(33)20(32)18(30)13(2)37-26)39-27-24-23(19(31)17(11-29)40-27)38-16(25(34)35)7-8-28(9-10-28)12-36-24/h13-24,26-27,29-33H,3-12H2,1-2H3,(H,34,35)/t13?,14-,15-,16-,17?,18-,19+,20?,21+,22?,23?,24?,26+,27-/m1/s1. The molecule has 0 aromatic carbocycles. The normalized spacial score (nSPS) is 48.5. The minimum absolute atomic E-state index is 0.0197. The van der Waals surface area contributed by atoms with Crippen LogP contribution in [0.15, 0.2) is 0 Å². The van der Waals surface area contributed by atoms with E-state index in [1.807, 2.05) is 6.92 Å². The van der Waals surface area contributed by atoms with E-state index < -0.39 is 92.3 Å². The summed E-state index contributed by atoms with van der Waals surface area (Å²) in [6.45, 7) is 3.40. The number of hydrogen-bond donors (Lipinski definition) is 6. The first-order valence-electron chi connectivity index (χ1n) is 15.0. The van der Waals surface area contributed by atoms with Gasteiger partial charge in [0, 0.05) is 0 Å². The Morgan fingerprint density at radius 2 is 1.63 bits per heavy atom. The third-order valence-electron chi connectivity index (χ3n) is 9.70. The molecule has 2 aliphatic carbocycles. The van der Waals surface area contributed by atoms with E-state index in [1.165, 1.54) is 0 Å². The molecule has 0 aromatic rings. The van der Waals surface area contributed by atoms with Crippen molar-refractivity contribution in [1.29, 1.82) is 0 Å². The van der Waals surface area contributed by atoms with Gasteiger partial charge in [0.25, 0.3) is 0 Å². The molecule has 0 bridgehead atoms. The number of aliphatic hydroxyl groups is 5. The summed E-state index contributed by atoms with van der Waals surface area (Å²) < 4.78 is 36.9. The van der Waals surface area contributed by atoms with Gasteiger partial charge in [-0.1, -0.05) is 19.8 Å². The lowest BCUT2D eigenvalue weighted by atomic mass is 9.82. The number of carboxylic acid groups (broad SMARTS) is 1. The zero-order valence-electron chi connectivity index (χ0n) is 23.7. The van der Waals surface area contributed by atoms with Gasteiger partial charge in [-0.3, -0.25) is 0 Å². The summed E-state index contributed by atoms with van der Waals surface area (Å²) >= 11 is 0. The maximum Gasteiger partial charge on any atom is 0.332 e. The molecule has 0 aromatic heterocycles. The second-order valence-electron chi connectivity index (χ2n) is 12.5. The van der Waals surface area contributed by atoms with Crippen LogP contribution in [0.2, 0.25) is 0 Å². The monoisotopic (exact) mass is 590 g/mol. The average molecular weight is 591 g/mol. The number of fused-ring (bicyclic) bond motifs is 1. The molecular formula is C28H46O13. The number of ether oxygens (including phenoxy) is 6. The summed E-state index contributed by atoms with van der Waals surface area (Å²) in [4.78, 5) is 12.0. The quantitative estimate of drug-likeness (QED) is 0.226. The Balaban J connectivity index is 1.38. The molecule has 0 radical (unpaired) electrons. The summed E-state index contributed by atoms with van der Waals surface area (Å²) in [6, 6.07) is 0. The summed E-state index contributed by atoms with van der Waals surface area (Å²) in [5.41, 5.74) is -0.143. The van der Waals surface area contributed by atoms with E-state index >= 15 is 0 Å². The number of rotatable bonds is 7. The molecule has 13 nitrogen and oxygen atoms in total. The van der Waals surface area contributed by atoms with Crippen molar-refractivity contribution in [2.24, 2.45) is 11.3 Å². The lowest BCUT2D eigenvalue weighted by molar-refractivity contribution is -0.353. The predicted octanol–water partition coefficient (Wildman–Crippen LogP) is -0.330. The van der Waals surface area contributed by atoms with E-state index in [0.29, 0.717) is 19.4 Å². The Labute approximate surface area is 239 Å².